The number of nitrogens with one attached hydrogen (secondary N) is 1. The molecule has 0 spiro atoms. The van der Waals surface area contributed by atoms with Crippen LogP contribution in [0.15, 0.2) is 6.07 Å². The summed E-state index contributed by atoms with van der Waals surface area (Å²) in [7, 11) is 0. The number of rotatable bonds is 6. The Morgan fingerprint density at radius 1 is 1.53 bits per heavy atom. The fourth-order valence-corrected chi connectivity index (χ4v) is 3.71. The van der Waals surface area contributed by atoms with Crippen molar-refractivity contribution in [2.24, 2.45) is 5.92 Å². The quantitative estimate of drug-likeness (QED) is 0.788. The Hall–Kier alpha value is -0.870. The summed E-state index contributed by atoms with van der Waals surface area (Å²) in [5.41, 5.74) is 1.39. The average Bonchev–Trinajstić information content (AvgIpc) is 2.86. The van der Waals surface area contributed by atoms with Crippen molar-refractivity contribution in [3.63, 3.8) is 0 Å². The number of carbonyl (C=O) groups excluding carboxylic acids is 1. The maximum absolute atomic E-state index is 12.0. The largest absolute Gasteiger partial charge is 0.396 e. The summed E-state index contributed by atoms with van der Waals surface area (Å²) >= 11 is 1.66. The molecule has 3 nitrogen and oxygen atoms in total. The minimum atomic E-state index is 0.0467. The van der Waals surface area contributed by atoms with Crippen LogP contribution in [0.25, 0.3) is 0 Å². The molecule has 2 rings (SSSR count). The van der Waals surface area contributed by atoms with Crippen LogP contribution in [0.4, 0.5) is 0 Å². The lowest BCUT2D eigenvalue weighted by atomic mass is 9.87. The molecule has 4 heteroatoms. The van der Waals surface area contributed by atoms with Gasteiger partial charge in [0.1, 0.15) is 0 Å². The van der Waals surface area contributed by atoms with Crippen molar-refractivity contribution >= 4 is 17.2 Å². The molecule has 2 N–H and O–H groups in total. The molecule has 0 saturated carbocycles. The Morgan fingerprint density at radius 2 is 2.37 bits per heavy atom. The molecule has 1 amide bonds. The van der Waals surface area contributed by atoms with E-state index in [9.17, 15) is 4.79 Å². The summed E-state index contributed by atoms with van der Waals surface area (Å²) in [6.45, 7) is 3.10. The minimum Gasteiger partial charge on any atom is -0.396 e. The Morgan fingerprint density at radius 3 is 3.11 bits per heavy atom. The van der Waals surface area contributed by atoms with E-state index in [2.05, 4.69) is 18.3 Å². The standard InChI is InChI=1S/C15H23NO2S/c1-2-11-5-6-13-12(9-11)10-14(19-13)15(18)16-7-3-4-8-17/h10-11,17H,2-9H2,1H3,(H,16,18). The van der Waals surface area contributed by atoms with Gasteiger partial charge in [0.25, 0.3) is 5.91 Å². The topological polar surface area (TPSA) is 49.3 Å². The first-order chi connectivity index (χ1) is 9.24. The summed E-state index contributed by atoms with van der Waals surface area (Å²) in [5, 5.41) is 11.6. The zero-order chi connectivity index (χ0) is 13.7. The Labute approximate surface area is 119 Å². The van der Waals surface area contributed by atoms with Crippen LogP contribution in [-0.4, -0.2) is 24.2 Å². The molecule has 0 fully saturated rings. The lowest BCUT2D eigenvalue weighted by Crippen LogP contribution is -2.23. The van der Waals surface area contributed by atoms with Gasteiger partial charge in [0.15, 0.2) is 0 Å². The summed E-state index contributed by atoms with van der Waals surface area (Å²) in [4.78, 5) is 14.3. The maximum atomic E-state index is 12.0. The Bertz CT molecular complexity index is 428. The molecule has 0 saturated heterocycles. The molecule has 1 unspecified atom stereocenters. The van der Waals surface area contributed by atoms with Crippen molar-refractivity contribution in [3.8, 4) is 0 Å². The minimum absolute atomic E-state index is 0.0467. The molecular formula is C15H23NO2S. The summed E-state index contributed by atoms with van der Waals surface area (Å²) < 4.78 is 0. The van der Waals surface area contributed by atoms with Crippen molar-refractivity contribution in [2.45, 2.75) is 45.4 Å². The van der Waals surface area contributed by atoms with E-state index in [0.717, 1.165) is 36.5 Å². The number of unbranched alkanes of at least 4 members (excludes halogenated alkanes) is 1. The van der Waals surface area contributed by atoms with Crippen LogP contribution < -0.4 is 5.32 Å². The van der Waals surface area contributed by atoms with Crippen molar-refractivity contribution in [1.82, 2.24) is 5.32 Å². The first kappa shape index (κ1) is 14.5. The SMILES string of the molecule is CCC1CCc2sc(C(=O)NCCCCO)cc2C1. The lowest BCUT2D eigenvalue weighted by Gasteiger charge is -2.19. The van der Waals surface area contributed by atoms with Crippen molar-refractivity contribution in [2.75, 3.05) is 13.2 Å². The molecule has 1 aromatic rings. The molecular weight excluding hydrogens is 258 g/mol. The lowest BCUT2D eigenvalue weighted by molar-refractivity contribution is 0.0956. The predicted molar refractivity (Wildman–Crippen MR) is 78.8 cm³/mol. The number of hydrogen-bond acceptors (Lipinski definition) is 3. The van der Waals surface area contributed by atoms with E-state index >= 15 is 0 Å². The molecule has 0 radical (unpaired) electrons. The van der Waals surface area contributed by atoms with E-state index in [1.165, 1.54) is 23.3 Å². The third-order valence-electron chi connectivity index (χ3n) is 3.86. The van der Waals surface area contributed by atoms with Crippen LogP contribution in [0.5, 0.6) is 0 Å². The van der Waals surface area contributed by atoms with Gasteiger partial charge in [-0.25, -0.2) is 0 Å². The van der Waals surface area contributed by atoms with Gasteiger partial charge in [-0.05, 0) is 49.7 Å². The number of aliphatic hydroxyl groups is 1. The Balaban J connectivity index is 1.91. The summed E-state index contributed by atoms with van der Waals surface area (Å²) in [5.74, 6) is 0.841. The van der Waals surface area contributed by atoms with Crippen LogP contribution in [0, 0.1) is 5.92 Å². The first-order valence-electron chi connectivity index (χ1n) is 7.25. The number of hydrogen-bond donors (Lipinski definition) is 2. The molecule has 1 aromatic heterocycles. The molecule has 0 bridgehead atoms. The van der Waals surface area contributed by atoms with Gasteiger partial charge in [-0.15, -0.1) is 11.3 Å². The monoisotopic (exact) mass is 281 g/mol. The zero-order valence-electron chi connectivity index (χ0n) is 11.6. The van der Waals surface area contributed by atoms with Crippen molar-refractivity contribution in [3.05, 3.63) is 21.4 Å². The number of carbonyl (C=O) groups is 1. The molecule has 106 valence electrons. The van der Waals surface area contributed by atoms with Gasteiger partial charge in [0.2, 0.25) is 0 Å². The van der Waals surface area contributed by atoms with Gasteiger partial charge in [0, 0.05) is 18.0 Å². The van der Waals surface area contributed by atoms with Gasteiger partial charge >= 0.3 is 0 Å². The van der Waals surface area contributed by atoms with E-state index in [0.29, 0.717) is 6.54 Å². The highest BCUT2D eigenvalue weighted by Crippen LogP contribution is 2.33. The fraction of sp³-hybridized carbons (Fsp3) is 0.667. The predicted octanol–water partition coefficient (Wildman–Crippen LogP) is 2.77. The molecule has 0 aromatic carbocycles. The molecule has 0 aliphatic heterocycles. The van der Waals surface area contributed by atoms with E-state index in [-0.39, 0.29) is 12.5 Å². The van der Waals surface area contributed by atoms with Crippen LogP contribution in [-0.2, 0) is 12.8 Å². The van der Waals surface area contributed by atoms with Gasteiger partial charge in [0.05, 0.1) is 4.88 Å². The van der Waals surface area contributed by atoms with Crippen LogP contribution >= 0.6 is 11.3 Å². The number of thiophene rings is 1. The van der Waals surface area contributed by atoms with E-state index < -0.39 is 0 Å². The van der Waals surface area contributed by atoms with E-state index in [1.807, 2.05) is 0 Å². The van der Waals surface area contributed by atoms with E-state index in [1.54, 1.807) is 11.3 Å². The molecule has 1 atom stereocenters. The van der Waals surface area contributed by atoms with Crippen molar-refractivity contribution < 1.29 is 9.90 Å². The fourth-order valence-electron chi connectivity index (χ4n) is 2.59. The highest BCUT2D eigenvalue weighted by molar-refractivity contribution is 7.14. The molecule has 1 aliphatic rings. The third-order valence-corrected chi connectivity index (χ3v) is 5.09. The summed E-state index contributed by atoms with van der Waals surface area (Å²) in [6.07, 6.45) is 6.36. The maximum Gasteiger partial charge on any atom is 0.261 e. The van der Waals surface area contributed by atoms with E-state index in [4.69, 9.17) is 5.11 Å². The number of fused-ring (bicyclic) bond motifs is 1. The zero-order valence-corrected chi connectivity index (χ0v) is 12.4. The molecule has 1 aliphatic carbocycles. The van der Waals surface area contributed by atoms with Crippen LogP contribution in [0.3, 0.4) is 0 Å². The second-order valence-corrected chi connectivity index (χ2v) is 6.40. The van der Waals surface area contributed by atoms with Crippen LogP contribution in [0.2, 0.25) is 0 Å². The van der Waals surface area contributed by atoms with Gasteiger partial charge in [-0.2, -0.15) is 0 Å². The normalized spacial score (nSPS) is 18.1. The van der Waals surface area contributed by atoms with Gasteiger partial charge < -0.3 is 10.4 Å². The van der Waals surface area contributed by atoms with Gasteiger partial charge in [-0.1, -0.05) is 13.3 Å². The van der Waals surface area contributed by atoms with Crippen molar-refractivity contribution in [1.29, 1.82) is 0 Å². The Kier molecular flexibility index (Phi) is 5.40. The number of amides is 1. The average molecular weight is 281 g/mol. The number of aliphatic hydroxyl groups excluding tert-OH is 1. The highest BCUT2D eigenvalue weighted by Gasteiger charge is 2.21. The smallest absolute Gasteiger partial charge is 0.261 e. The van der Waals surface area contributed by atoms with Gasteiger partial charge in [-0.3, -0.25) is 4.79 Å². The second-order valence-electron chi connectivity index (χ2n) is 5.26. The number of aryl methyl sites for hydroxylation is 1. The highest BCUT2D eigenvalue weighted by atomic mass is 32.1. The summed E-state index contributed by atoms with van der Waals surface area (Å²) in [6, 6.07) is 2.09. The third kappa shape index (κ3) is 3.80. The second kappa shape index (κ2) is 7.06. The first-order valence-corrected chi connectivity index (χ1v) is 8.06. The van der Waals surface area contributed by atoms with Crippen LogP contribution in [0.1, 0.15) is 52.7 Å². The molecule has 19 heavy (non-hydrogen) atoms. The molecule has 1 heterocycles.